The lowest BCUT2D eigenvalue weighted by Crippen LogP contribution is -2.11. The molecule has 2 rings (SSSR count). The van der Waals surface area contributed by atoms with Crippen molar-refractivity contribution in [2.75, 3.05) is 0 Å². The van der Waals surface area contributed by atoms with E-state index >= 15 is 0 Å². The fraction of sp³-hybridized carbons (Fsp3) is 0.385. The van der Waals surface area contributed by atoms with E-state index < -0.39 is 0 Å². The second-order valence-corrected chi connectivity index (χ2v) is 5.90. The Morgan fingerprint density at radius 2 is 1.79 bits per heavy atom. The average Bonchev–Trinajstić information content (AvgIpc) is 2.77. The van der Waals surface area contributed by atoms with Gasteiger partial charge in [0, 0.05) is 5.41 Å². The Kier molecular flexibility index (Phi) is 4.02. The largest absolute Gasteiger partial charge is 0.481 e. The number of aromatic nitrogens is 2. The summed E-state index contributed by atoms with van der Waals surface area (Å²) in [6, 6.07) is 5.16. The summed E-state index contributed by atoms with van der Waals surface area (Å²) < 4.78 is 11.0. The topological polar surface area (TPSA) is 48.2 Å². The Hall–Kier alpha value is -1.26. The SMILES string of the molecule is CC(C)(C)c1nnc(COc2c(Cl)cccc2Cl)o1. The van der Waals surface area contributed by atoms with E-state index in [1.807, 2.05) is 20.8 Å². The van der Waals surface area contributed by atoms with E-state index in [1.165, 1.54) is 0 Å². The van der Waals surface area contributed by atoms with E-state index in [1.54, 1.807) is 18.2 Å². The molecule has 1 aromatic heterocycles. The summed E-state index contributed by atoms with van der Waals surface area (Å²) in [6.45, 7) is 6.12. The van der Waals surface area contributed by atoms with Gasteiger partial charge in [-0.05, 0) is 12.1 Å². The van der Waals surface area contributed by atoms with Crippen LogP contribution in [0.1, 0.15) is 32.6 Å². The average molecular weight is 301 g/mol. The fourth-order valence-corrected chi connectivity index (χ4v) is 1.88. The smallest absolute Gasteiger partial charge is 0.253 e. The molecule has 6 heteroatoms. The first kappa shape index (κ1) is 14.2. The minimum atomic E-state index is -0.187. The lowest BCUT2D eigenvalue weighted by molar-refractivity contribution is 0.252. The maximum Gasteiger partial charge on any atom is 0.253 e. The first-order valence-corrected chi connectivity index (χ1v) is 6.53. The predicted octanol–water partition coefficient (Wildman–Crippen LogP) is 4.25. The van der Waals surface area contributed by atoms with Crippen LogP contribution >= 0.6 is 23.2 Å². The lowest BCUT2D eigenvalue weighted by Gasteiger charge is -2.11. The molecule has 102 valence electrons. The lowest BCUT2D eigenvalue weighted by atomic mass is 9.97. The van der Waals surface area contributed by atoms with E-state index in [9.17, 15) is 0 Å². The standard InChI is InChI=1S/C13H14Cl2N2O2/c1-13(2,3)12-17-16-10(19-12)7-18-11-8(14)5-4-6-9(11)15/h4-6H,7H2,1-3H3. The van der Waals surface area contributed by atoms with Crippen LogP contribution in [0.15, 0.2) is 22.6 Å². The summed E-state index contributed by atoms with van der Waals surface area (Å²) >= 11 is 12.0. The van der Waals surface area contributed by atoms with Gasteiger partial charge in [-0.3, -0.25) is 0 Å². The summed E-state index contributed by atoms with van der Waals surface area (Å²) in [4.78, 5) is 0. The molecular formula is C13H14Cl2N2O2. The van der Waals surface area contributed by atoms with E-state index in [0.29, 0.717) is 27.6 Å². The third-order valence-corrected chi connectivity index (χ3v) is 2.96. The zero-order valence-corrected chi connectivity index (χ0v) is 12.4. The number of ether oxygens (including phenoxy) is 1. The highest BCUT2D eigenvalue weighted by Gasteiger charge is 2.21. The van der Waals surface area contributed by atoms with Crippen LogP contribution in [0.2, 0.25) is 10.0 Å². The zero-order chi connectivity index (χ0) is 14.0. The van der Waals surface area contributed by atoms with Gasteiger partial charge in [-0.2, -0.15) is 0 Å². The van der Waals surface area contributed by atoms with Crippen LogP contribution in [-0.2, 0) is 12.0 Å². The molecule has 0 aliphatic heterocycles. The quantitative estimate of drug-likeness (QED) is 0.850. The van der Waals surface area contributed by atoms with Gasteiger partial charge >= 0.3 is 0 Å². The van der Waals surface area contributed by atoms with Crippen molar-refractivity contribution in [3.63, 3.8) is 0 Å². The van der Waals surface area contributed by atoms with Crippen molar-refractivity contribution in [3.05, 3.63) is 40.0 Å². The Balaban J connectivity index is 2.09. The summed E-state index contributed by atoms with van der Waals surface area (Å²) in [6.07, 6.45) is 0. The van der Waals surface area contributed by atoms with Crippen molar-refractivity contribution in [2.24, 2.45) is 0 Å². The molecule has 0 radical (unpaired) electrons. The first-order valence-electron chi connectivity index (χ1n) is 5.77. The molecule has 0 atom stereocenters. The zero-order valence-electron chi connectivity index (χ0n) is 10.9. The van der Waals surface area contributed by atoms with Gasteiger partial charge in [0.1, 0.15) is 0 Å². The second kappa shape index (κ2) is 5.39. The molecule has 0 saturated heterocycles. The molecule has 2 aromatic rings. The van der Waals surface area contributed by atoms with Gasteiger partial charge in [0.15, 0.2) is 12.4 Å². The molecule has 19 heavy (non-hydrogen) atoms. The van der Waals surface area contributed by atoms with Gasteiger partial charge < -0.3 is 9.15 Å². The van der Waals surface area contributed by atoms with Gasteiger partial charge in [-0.1, -0.05) is 50.0 Å². The number of benzene rings is 1. The number of nitrogens with zero attached hydrogens (tertiary/aromatic N) is 2. The molecule has 1 heterocycles. The number of rotatable bonds is 3. The van der Waals surface area contributed by atoms with E-state index in [4.69, 9.17) is 32.4 Å². The Morgan fingerprint density at radius 1 is 1.16 bits per heavy atom. The maximum absolute atomic E-state index is 6.00. The molecule has 0 N–H and O–H groups in total. The van der Waals surface area contributed by atoms with E-state index in [0.717, 1.165) is 0 Å². The third-order valence-electron chi connectivity index (χ3n) is 2.37. The molecule has 0 unspecified atom stereocenters. The molecule has 0 saturated carbocycles. The summed E-state index contributed by atoms with van der Waals surface area (Å²) in [7, 11) is 0. The van der Waals surface area contributed by atoms with E-state index in [2.05, 4.69) is 10.2 Å². The fourth-order valence-electron chi connectivity index (χ4n) is 1.37. The number of hydrogen-bond acceptors (Lipinski definition) is 4. The summed E-state index contributed by atoms with van der Waals surface area (Å²) in [5, 5.41) is 8.81. The molecule has 0 bridgehead atoms. The van der Waals surface area contributed by atoms with Crippen LogP contribution in [0.25, 0.3) is 0 Å². The van der Waals surface area contributed by atoms with Crippen molar-refractivity contribution in [3.8, 4) is 5.75 Å². The molecular weight excluding hydrogens is 287 g/mol. The summed E-state index contributed by atoms with van der Waals surface area (Å²) in [5.41, 5.74) is -0.187. The van der Waals surface area contributed by atoms with Gasteiger partial charge in [0.05, 0.1) is 10.0 Å². The van der Waals surface area contributed by atoms with Crippen molar-refractivity contribution >= 4 is 23.2 Å². The van der Waals surface area contributed by atoms with Crippen molar-refractivity contribution in [1.29, 1.82) is 0 Å². The monoisotopic (exact) mass is 300 g/mol. The number of halogens is 2. The third kappa shape index (κ3) is 3.39. The summed E-state index contributed by atoms with van der Waals surface area (Å²) in [5.74, 6) is 1.37. The Labute approximate surface area is 121 Å². The Bertz CT molecular complexity index is 556. The maximum atomic E-state index is 6.00. The molecule has 0 amide bonds. The van der Waals surface area contributed by atoms with Crippen molar-refractivity contribution < 1.29 is 9.15 Å². The van der Waals surface area contributed by atoms with Gasteiger partial charge in [0.2, 0.25) is 5.89 Å². The highest BCUT2D eigenvalue weighted by atomic mass is 35.5. The molecule has 0 aliphatic rings. The number of para-hydroxylation sites is 1. The molecule has 1 aromatic carbocycles. The Morgan fingerprint density at radius 3 is 2.32 bits per heavy atom. The predicted molar refractivity (Wildman–Crippen MR) is 73.8 cm³/mol. The normalized spacial score (nSPS) is 11.6. The van der Waals surface area contributed by atoms with Crippen LogP contribution in [0.3, 0.4) is 0 Å². The van der Waals surface area contributed by atoms with Crippen molar-refractivity contribution in [1.82, 2.24) is 10.2 Å². The van der Waals surface area contributed by atoms with Crippen LogP contribution in [0.5, 0.6) is 5.75 Å². The van der Waals surface area contributed by atoms with Crippen molar-refractivity contribution in [2.45, 2.75) is 32.8 Å². The van der Waals surface area contributed by atoms with Gasteiger partial charge in [0.25, 0.3) is 5.89 Å². The van der Waals surface area contributed by atoms with Crippen LogP contribution in [0, 0.1) is 0 Å². The number of hydrogen-bond donors (Lipinski definition) is 0. The molecule has 4 nitrogen and oxygen atoms in total. The van der Waals surface area contributed by atoms with Gasteiger partial charge in [-0.15, -0.1) is 10.2 Å². The second-order valence-electron chi connectivity index (χ2n) is 5.09. The molecule has 0 aliphatic carbocycles. The minimum Gasteiger partial charge on any atom is -0.481 e. The van der Waals surface area contributed by atoms with Gasteiger partial charge in [-0.25, -0.2) is 0 Å². The van der Waals surface area contributed by atoms with E-state index in [-0.39, 0.29) is 12.0 Å². The molecule has 0 spiro atoms. The highest BCUT2D eigenvalue weighted by molar-refractivity contribution is 6.37. The van der Waals surface area contributed by atoms with Crippen LogP contribution in [0.4, 0.5) is 0 Å². The molecule has 0 fully saturated rings. The highest BCUT2D eigenvalue weighted by Crippen LogP contribution is 2.33. The minimum absolute atomic E-state index is 0.131. The first-order chi connectivity index (χ1) is 8.88. The van der Waals surface area contributed by atoms with Crippen LogP contribution < -0.4 is 4.74 Å². The van der Waals surface area contributed by atoms with Crippen LogP contribution in [-0.4, -0.2) is 10.2 Å².